The van der Waals surface area contributed by atoms with Crippen LogP contribution in [-0.4, -0.2) is 29.3 Å². The number of Topliss-reactive ketones (excluding diaryl/α,β-unsaturated/α-hetero) is 1. The van der Waals surface area contributed by atoms with Crippen molar-refractivity contribution >= 4 is 5.78 Å². The normalized spacial score (nSPS) is 26.3. The Morgan fingerprint density at radius 2 is 1.81 bits per heavy atom. The van der Waals surface area contributed by atoms with Crippen molar-refractivity contribution in [1.82, 2.24) is 4.90 Å². The topological polar surface area (TPSA) is 20.3 Å². The molecule has 1 aromatic carbocycles. The van der Waals surface area contributed by atoms with E-state index in [-0.39, 0.29) is 0 Å². The molecular weight excluding hydrogens is 279 g/mol. The van der Waals surface area contributed by atoms with E-state index in [1.807, 2.05) is 0 Å². The van der Waals surface area contributed by atoms with Gasteiger partial charge in [0.2, 0.25) is 0 Å². The van der Waals surface area contributed by atoms with Gasteiger partial charge in [-0.25, -0.2) is 0 Å². The minimum absolute atomic E-state index is 0.307. The maximum absolute atomic E-state index is 12.7. The van der Waals surface area contributed by atoms with Gasteiger partial charge in [-0.05, 0) is 30.9 Å². The van der Waals surface area contributed by atoms with Gasteiger partial charge >= 0.3 is 6.18 Å². The van der Waals surface area contributed by atoms with Crippen LogP contribution in [0.1, 0.15) is 36.8 Å². The van der Waals surface area contributed by atoms with Crippen LogP contribution < -0.4 is 0 Å². The number of carbonyl (C=O) groups excluding carboxylic acids is 1. The van der Waals surface area contributed by atoms with Gasteiger partial charge in [-0.1, -0.05) is 18.2 Å². The Morgan fingerprint density at radius 1 is 1.14 bits per heavy atom. The van der Waals surface area contributed by atoms with E-state index < -0.39 is 11.7 Å². The van der Waals surface area contributed by atoms with Gasteiger partial charge in [0.25, 0.3) is 0 Å². The van der Waals surface area contributed by atoms with Gasteiger partial charge in [-0.2, -0.15) is 13.2 Å². The van der Waals surface area contributed by atoms with Crippen molar-refractivity contribution < 1.29 is 18.0 Å². The smallest absolute Gasteiger partial charge is 0.300 e. The summed E-state index contributed by atoms with van der Waals surface area (Å²) < 4.78 is 38.1. The highest BCUT2D eigenvalue weighted by molar-refractivity contribution is 5.80. The van der Waals surface area contributed by atoms with Crippen LogP contribution >= 0.6 is 0 Å². The van der Waals surface area contributed by atoms with Crippen LogP contribution in [0.25, 0.3) is 0 Å². The van der Waals surface area contributed by atoms with Crippen molar-refractivity contribution in [1.29, 1.82) is 0 Å². The lowest BCUT2D eigenvalue weighted by Gasteiger charge is -2.33. The summed E-state index contributed by atoms with van der Waals surface area (Å²) in [4.78, 5) is 13.9. The zero-order valence-corrected chi connectivity index (χ0v) is 11.7. The third-order valence-electron chi connectivity index (χ3n) is 4.61. The Bertz CT molecular complexity index is 525. The number of rotatable bonds is 3. The highest BCUT2D eigenvalue weighted by Crippen LogP contribution is 2.34. The molecule has 2 bridgehead atoms. The number of fused-ring (bicyclic) bond motifs is 2. The lowest BCUT2D eigenvalue weighted by Crippen LogP contribution is -2.44. The molecule has 0 amide bonds. The standard InChI is InChI=1S/C16H18F3NO/c17-16(18,19)12-3-1-2-11(8-12)6-7-20-13-4-5-14(20)10-15(21)9-13/h1-3,8,13-14H,4-7,9-10H2. The summed E-state index contributed by atoms with van der Waals surface area (Å²) >= 11 is 0. The van der Waals surface area contributed by atoms with Crippen LogP contribution in [0.5, 0.6) is 0 Å². The Labute approximate surface area is 121 Å². The third-order valence-corrected chi connectivity index (χ3v) is 4.61. The fraction of sp³-hybridized carbons (Fsp3) is 0.562. The molecule has 21 heavy (non-hydrogen) atoms. The average molecular weight is 297 g/mol. The lowest BCUT2D eigenvalue weighted by atomic mass is 10.00. The maximum Gasteiger partial charge on any atom is 0.416 e. The molecule has 2 fully saturated rings. The number of carbonyl (C=O) groups is 1. The van der Waals surface area contributed by atoms with Crippen molar-refractivity contribution in [2.24, 2.45) is 0 Å². The number of nitrogens with zero attached hydrogens (tertiary/aromatic N) is 1. The van der Waals surface area contributed by atoms with Gasteiger partial charge in [0.1, 0.15) is 5.78 Å². The minimum Gasteiger partial charge on any atom is -0.300 e. The molecule has 0 radical (unpaired) electrons. The van der Waals surface area contributed by atoms with Gasteiger partial charge in [0.15, 0.2) is 0 Å². The van der Waals surface area contributed by atoms with E-state index in [1.54, 1.807) is 6.07 Å². The van der Waals surface area contributed by atoms with E-state index in [9.17, 15) is 18.0 Å². The Hall–Kier alpha value is -1.36. The molecule has 1 aromatic rings. The van der Waals surface area contributed by atoms with Crippen LogP contribution in [0, 0.1) is 0 Å². The Balaban J connectivity index is 1.65. The number of halogens is 3. The molecule has 2 unspecified atom stereocenters. The van der Waals surface area contributed by atoms with Crippen LogP contribution in [0.15, 0.2) is 24.3 Å². The second-order valence-corrected chi connectivity index (χ2v) is 6.02. The van der Waals surface area contributed by atoms with Crippen molar-refractivity contribution in [2.45, 2.75) is 50.4 Å². The summed E-state index contributed by atoms with van der Waals surface area (Å²) in [6.07, 6.45) is -0.381. The fourth-order valence-corrected chi connectivity index (χ4v) is 3.59. The Morgan fingerprint density at radius 3 is 2.43 bits per heavy atom. The SMILES string of the molecule is O=C1CC2CCC(C1)N2CCc1cccc(C(F)(F)F)c1. The predicted molar refractivity (Wildman–Crippen MR) is 72.9 cm³/mol. The van der Waals surface area contributed by atoms with Gasteiger partial charge in [-0.15, -0.1) is 0 Å². The van der Waals surface area contributed by atoms with Crippen molar-refractivity contribution in [2.75, 3.05) is 6.54 Å². The fourth-order valence-electron chi connectivity index (χ4n) is 3.59. The van der Waals surface area contributed by atoms with E-state index in [2.05, 4.69) is 4.90 Å². The van der Waals surface area contributed by atoms with Crippen molar-refractivity contribution in [3.05, 3.63) is 35.4 Å². The average Bonchev–Trinajstić information content (AvgIpc) is 2.66. The molecule has 2 aliphatic heterocycles. The van der Waals surface area contributed by atoms with Crippen LogP contribution in [-0.2, 0) is 17.4 Å². The molecule has 114 valence electrons. The van der Waals surface area contributed by atoms with E-state index in [4.69, 9.17) is 0 Å². The van der Waals surface area contributed by atoms with Gasteiger partial charge in [0.05, 0.1) is 5.56 Å². The van der Waals surface area contributed by atoms with Gasteiger partial charge in [-0.3, -0.25) is 9.69 Å². The molecule has 5 heteroatoms. The summed E-state index contributed by atoms with van der Waals surface area (Å²) in [5.74, 6) is 0.331. The summed E-state index contributed by atoms with van der Waals surface area (Å²) in [5, 5.41) is 0. The summed E-state index contributed by atoms with van der Waals surface area (Å²) in [5.41, 5.74) is 0.123. The highest BCUT2D eigenvalue weighted by Gasteiger charge is 2.39. The molecule has 2 heterocycles. The second kappa shape index (κ2) is 5.44. The van der Waals surface area contributed by atoms with Gasteiger partial charge < -0.3 is 0 Å². The molecular formula is C16H18F3NO. The molecule has 0 N–H and O–H groups in total. The van der Waals surface area contributed by atoms with Crippen LogP contribution in [0.3, 0.4) is 0 Å². The first-order valence-corrected chi connectivity index (χ1v) is 7.37. The van der Waals surface area contributed by atoms with Crippen molar-refractivity contribution in [3.63, 3.8) is 0 Å². The molecule has 0 spiro atoms. The number of piperidine rings is 1. The number of hydrogen-bond donors (Lipinski definition) is 0. The first kappa shape index (κ1) is 14.6. The maximum atomic E-state index is 12.7. The molecule has 0 saturated carbocycles. The summed E-state index contributed by atoms with van der Waals surface area (Å²) in [6.45, 7) is 0.740. The van der Waals surface area contributed by atoms with Crippen molar-refractivity contribution in [3.8, 4) is 0 Å². The van der Waals surface area contributed by atoms with Gasteiger partial charge in [0, 0.05) is 31.5 Å². The monoisotopic (exact) mass is 297 g/mol. The van der Waals surface area contributed by atoms with Crippen LogP contribution in [0.2, 0.25) is 0 Å². The predicted octanol–water partition coefficient (Wildman–Crippen LogP) is 3.44. The first-order valence-electron chi connectivity index (χ1n) is 7.37. The molecule has 2 saturated heterocycles. The lowest BCUT2D eigenvalue weighted by molar-refractivity contribution is -0.137. The van der Waals surface area contributed by atoms with E-state index >= 15 is 0 Å². The quantitative estimate of drug-likeness (QED) is 0.852. The largest absolute Gasteiger partial charge is 0.416 e. The number of hydrogen-bond acceptors (Lipinski definition) is 2. The van der Waals surface area contributed by atoms with Crippen LogP contribution in [0.4, 0.5) is 13.2 Å². The number of benzene rings is 1. The summed E-state index contributed by atoms with van der Waals surface area (Å²) in [7, 11) is 0. The summed E-state index contributed by atoms with van der Waals surface area (Å²) in [6, 6.07) is 6.16. The second-order valence-electron chi connectivity index (χ2n) is 6.02. The van der Waals surface area contributed by atoms with E-state index in [0.717, 1.165) is 25.5 Å². The number of alkyl halides is 3. The molecule has 3 rings (SSSR count). The third kappa shape index (κ3) is 3.12. The first-order chi connectivity index (χ1) is 9.93. The molecule has 2 nitrogen and oxygen atoms in total. The molecule has 2 aliphatic rings. The van der Waals surface area contributed by atoms with E-state index in [0.29, 0.717) is 42.7 Å². The molecule has 2 atom stereocenters. The zero-order valence-electron chi connectivity index (χ0n) is 11.7. The van der Waals surface area contributed by atoms with E-state index in [1.165, 1.54) is 12.1 Å². The minimum atomic E-state index is -4.29. The zero-order chi connectivity index (χ0) is 15.0. The highest BCUT2D eigenvalue weighted by atomic mass is 19.4. The molecule has 0 aromatic heterocycles. The Kier molecular flexibility index (Phi) is 3.78. The number of ketones is 1. The molecule has 0 aliphatic carbocycles.